The first-order chi connectivity index (χ1) is 6.76. The summed E-state index contributed by atoms with van der Waals surface area (Å²) in [5.74, 6) is 4.26. The van der Waals surface area contributed by atoms with E-state index in [1.807, 2.05) is 0 Å². The summed E-state index contributed by atoms with van der Waals surface area (Å²) >= 11 is 0. The van der Waals surface area contributed by atoms with Crippen molar-refractivity contribution in [2.75, 3.05) is 7.11 Å². The van der Waals surface area contributed by atoms with Crippen LogP contribution in [0.25, 0.3) is 0 Å². The van der Waals surface area contributed by atoms with E-state index in [4.69, 9.17) is 0 Å². The Morgan fingerprint density at radius 3 is 2.93 bits per heavy atom. The number of benzene rings is 1. The van der Waals surface area contributed by atoms with Crippen LogP contribution in [0.5, 0.6) is 0 Å². The molecule has 0 saturated carbocycles. The lowest BCUT2D eigenvalue weighted by atomic mass is 10.1. The zero-order valence-electron chi connectivity index (χ0n) is 7.61. The summed E-state index contributed by atoms with van der Waals surface area (Å²) in [6.45, 7) is 0. The van der Waals surface area contributed by atoms with Crippen molar-refractivity contribution in [1.29, 1.82) is 0 Å². The van der Waals surface area contributed by atoms with E-state index in [1.165, 1.54) is 7.11 Å². The van der Waals surface area contributed by atoms with Gasteiger partial charge in [0.2, 0.25) is 0 Å². The van der Waals surface area contributed by atoms with E-state index in [0.29, 0.717) is 11.1 Å². The average molecular weight is 188 g/mol. The van der Waals surface area contributed by atoms with Gasteiger partial charge in [-0.05, 0) is 12.1 Å². The third-order valence-corrected chi connectivity index (χ3v) is 1.52. The minimum Gasteiger partial charge on any atom is -0.459 e. The third kappa shape index (κ3) is 2.76. The van der Waals surface area contributed by atoms with Crippen molar-refractivity contribution in [3.05, 3.63) is 35.4 Å². The van der Waals surface area contributed by atoms with Crippen LogP contribution >= 0.6 is 0 Å². The molecule has 1 aromatic carbocycles. The van der Waals surface area contributed by atoms with Crippen molar-refractivity contribution in [3.8, 4) is 11.8 Å². The highest BCUT2D eigenvalue weighted by atomic mass is 16.5. The van der Waals surface area contributed by atoms with Gasteiger partial charge in [-0.2, -0.15) is 0 Å². The molecular weight excluding hydrogens is 180 g/mol. The highest BCUT2D eigenvalue weighted by Crippen LogP contribution is 2.00. The number of carbonyl (C=O) groups excluding carboxylic acids is 2. The summed E-state index contributed by atoms with van der Waals surface area (Å²) in [7, 11) is 1.26. The van der Waals surface area contributed by atoms with Crippen LogP contribution in [0.2, 0.25) is 0 Å². The lowest BCUT2D eigenvalue weighted by Crippen LogP contribution is -1.94. The van der Waals surface area contributed by atoms with E-state index in [1.54, 1.807) is 24.3 Å². The fourth-order valence-corrected chi connectivity index (χ4v) is 0.864. The molecule has 0 aliphatic heterocycles. The fraction of sp³-hybridized carbons (Fsp3) is 0.0909. The van der Waals surface area contributed by atoms with Gasteiger partial charge >= 0.3 is 5.97 Å². The minimum atomic E-state index is -0.596. The van der Waals surface area contributed by atoms with Crippen LogP contribution in [0, 0.1) is 11.8 Å². The Morgan fingerprint density at radius 2 is 2.29 bits per heavy atom. The first-order valence-corrected chi connectivity index (χ1v) is 3.91. The van der Waals surface area contributed by atoms with Gasteiger partial charge in [-0.25, -0.2) is 4.79 Å². The zero-order valence-corrected chi connectivity index (χ0v) is 7.61. The normalized spacial score (nSPS) is 8.36. The molecule has 3 nitrogen and oxygen atoms in total. The Morgan fingerprint density at radius 1 is 1.50 bits per heavy atom. The van der Waals surface area contributed by atoms with Gasteiger partial charge in [-0.1, -0.05) is 18.1 Å². The number of methoxy groups -OCH3 is 1. The van der Waals surface area contributed by atoms with Gasteiger partial charge in [-0.15, -0.1) is 0 Å². The summed E-state index contributed by atoms with van der Waals surface area (Å²) in [4.78, 5) is 21.1. The van der Waals surface area contributed by atoms with E-state index in [2.05, 4.69) is 16.6 Å². The Balaban J connectivity index is 2.89. The molecule has 0 amide bonds. The molecule has 0 fully saturated rings. The maximum absolute atomic E-state index is 10.7. The van der Waals surface area contributed by atoms with Crippen LogP contribution in [0.4, 0.5) is 0 Å². The monoisotopic (exact) mass is 188 g/mol. The van der Waals surface area contributed by atoms with Gasteiger partial charge in [0.1, 0.15) is 6.29 Å². The van der Waals surface area contributed by atoms with E-state index < -0.39 is 5.97 Å². The van der Waals surface area contributed by atoms with Crippen LogP contribution in [0.15, 0.2) is 24.3 Å². The summed E-state index contributed by atoms with van der Waals surface area (Å²) in [6, 6.07) is 6.67. The molecule has 14 heavy (non-hydrogen) atoms. The second-order valence-electron chi connectivity index (χ2n) is 2.48. The van der Waals surface area contributed by atoms with Crippen molar-refractivity contribution < 1.29 is 14.3 Å². The molecule has 0 bridgehead atoms. The second-order valence-corrected chi connectivity index (χ2v) is 2.48. The molecular formula is C11H8O3. The molecule has 0 heterocycles. The largest absolute Gasteiger partial charge is 0.459 e. The highest BCUT2D eigenvalue weighted by Gasteiger charge is 1.92. The van der Waals surface area contributed by atoms with Crippen molar-refractivity contribution >= 4 is 12.3 Å². The lowest BCUT2D eigenvalue weighted by molar-refractivity contribution is -0.133. The second kappa shape index (κ2) is 4.83. The molecule has 1 rings (SSSR count). The van der Waals surface area contributed by atoms with E-state index in [9.17, 15) is 9.59 Å². The van der Waals surface area contributed by atoms with Crippen molar-refractivity contribution in [3.63, 3.8) is 0 Å². The Bertz CT molecular complexity index is 410. The quantitative estimate of drug-likeness (QED) is 0.375. The van der Waals surface area contributed by atoms with Crippen LogP contribution in [0.1, 0.15) is 15.9 Å². The highest BCUT2D eigenvalue weighted by molar-refractivity contribution is 5.89. The first kappa shape index (κ1) is 10.0. The van der Waals surface area contributed by atoms with Gasteiger partial charge < -0.3 is 4.74 Å². The summed E-state index contributed by atoms with van der Waals surface area (Å²) in [5, 5.41) is 0. The van der Waals surface area contributed by atoms with Gasteiger partial charge in [0, 0.05) is 17.0 Å². The zero-order chi connectivity index (χ0) is 10.4. The average Bonchev–Trinajstić information content (AvgIpc) is 2.26. The third-order valence-electron chi connectivity index (χ3n) is 1.52. The molecule has 0 atom stereocenters. The molecule has 0 unspecified atom stereocenters. The number of esters is 1. The van der Waals surface area contributed by atoms with Crippen LogP contribution in [-0.2, 0) is 9.53 Å². The predicted molar refractivity (Wildman–Crippen MR) is 50.7 cm³/mol. The fourth-order valence-electron chi connectivity index (χ4n) is 0.864. The molecule has 70 valence electrons. The number of ether oxygens (including phenoxy) is 1. The topological polar surface area (TPSA) is 43.4 Å². The standard InChI is InChI=1S/C11H8O3/c1-14-11(13)6-5-9-3-2-4-10(7-9)8-12/h2-4,7-8H,1H3. The summed E-state index contributed by atoms with van der Waals surface area (Å²) < 4.78 is 4.35. The molecule has 3 heteroatoms. The molecule has 0 aliphatic carbocycles. The lowest BCUT2D eigenvalue weighted by Gasteiger charge is -1.91. The van der Waals surface area contributed by atoms with Crippen molar-refractivity contribution in [2.24, 2.45) is 0 Å². The maximum Gasteiger partial charge on any atom is 0.384 e. The van der Waals surface area contributed by atoms with E-state index >= 15 is 0 Å². The number of aldehydes is 1. The number of hydrogen-bond acceptors (Lipinski definition) is 3. The molecule has 0 N–H and O–H groups in total. The van der Waals surface area contributed by atoms with Gasteiger partial charge in [-0.3, -0.25) is 4.79 Å². The Hall–Kier alpha value is -2.08. The number of rotatable bonds is 1. The van der Waals surface area contributed by atoms with Crippen LogP contribution in [-0.4, -0.2) is 19.4 Å². The molecule has 0 aromatic heterocycles. The van der Waals surface area contributed by atoms with E-state index in [0.717, 1.165) is 6.29 Å². The van der Waals surface area contributed by atoms with Gasteiger partial charge in [0.25, 0.3) is 0 Å². The first-order valence-electron chi connectivity index (χ1n) is 3.91. The van der Waals surface area contributed by atoms with Crippen LogP contribution < -0.4 is 0 Å². The van der Waals surface area contributed by atoms with Crippen molar-refractivity contribution in [1.82, 2.24) is 0 Å². The molecule has 0 spiro atoms. The molecule has 0 aliphatic rings. The number of hydrogen-bond donors (Lipinski definition) is 0. The number of carbonyl (C=O) groups is 2. The SMILES string of the molecule is COC(=O)C#Cc1cccc(C=O)c1. The Kier molecular flexibility index (Phi) is 3.45. The molecule has 1 aromatic rings. The van der Waals surface area contributed by atoms with E-state index in [-0.39, 0.29) is 0 Å². The smallest absolute Gasteiger partial charge is 0.384 e. The van der Waals surface area contributed by atoms with Gasteiger partial charge in [0.15, 0.2) is 0 Å². The summed E-state index contributed by atoms with van der Waals surface area (Å²) in [6.07, 6.45) is 0.726. The van der Waals surface area contributed by atoms with Crippen LogP contribution in [0.3, 0.4) is 0 Å². The molecule has 0 radical (unpaired) electrons. The summed E-state index contributed by atoms with van der Waals surface area (Å²) in [5.41, 5.74) is 1.14. The predicted octanol–water partition coefficient (Wildman–Crippen LogP) is 1.02. The van der Waals surface area contributed by atoms with Crippen molar-refractivity contribution in [2.45, 2.75) is 0 Å². The van der Waals surface area contributed by atoms with Gasteiger partial charge in [0.05, 0.1) is 7.11 Å². The molecule has 0 saturated heterocycles. The Labute approximate surface area is 81.7 Å². The maximum atomic E-state index is 10.7. The minimum absolute atomic E-state index is 0.529.